The van der Waals surface area contributed by atoms with Gasteiger partial charge in [-0.2, -0.15) is 5.26 Å². The molecule has 0 unspecified atom stereocenters. The first-order valence-electron chi connectivity index (χ1n) is 5.32. The van der Waals surface area contributed by atoms with Crippen LogP contribution in [-0.2, 0) is 4.79 Å². The molecule has 1 saturated carbocycles. The summed E-state index contributed by atoms with van der Waals surface area (Å²) in [5, 5.41) is 11.6. The van der Waals surface area contributed by atoms with E-state index in [1.807, 2.05) is 6.07 Å². The van der Waals surface area contributed by atoms with Crippen LogP contribution in [0.3, 0.4) is 0 Å². The molecule has 0 saturated heterocycles. The van der Waals surface area contributed by atoms with Gasteiger partial charge in [0.1, 0.15) is 0 Å². The van der Waals surface area contributed by atoms with Gasteiger partial charge in [-0.1, -0.05) is 0 Å². The highest BCUT2D eigenvalue weighted by Gasteiger charge is 2.48. The number of carbonyl (C=O) groups is 1. The molecule has 5 heteroatoms. The van der Waals surface area contributed by atoms with Gasteiger partial charge in [0.2, 0.25) is 5.91 Å². The van der Waals surface area contributed by atoms with E-state index in [9.17, 15) is 4.79 Å². The Labute approximate surface area is 108 Å². The van der Waals surface area contributed by atoms with Gasteiger partial charge in [0.05, 0.1) is 22.7 Å². The first-order chi connectivity index (χ1) is 8.11. The first kappa shape index (κ1) is 12.1. The van der Waals surface area contributed by atoms with Crippen LogP contribution in [-0.4, -0.2) is 12.5 Å². The van der Waals surface area contributed by atoms with Crippen molar-refractivity contribution in [2.24, 2.45) is 11.1 Å². The summed E-state index contributed by atoms with van der Waals surface area (Å²) in [6, 6.07) is 7.10. The molecule has 1 aliphatic carbocycles. The lowest BCUT2D eigenvalue weighted by Gasteiger charge is -2.13. The Balaban J connectivity index is 2.15. The maximum Gasteiger partial charge on any atom is 0.231 e. The molecule has 1 amide bonds. The number of hydrogen-bond donors (Lipinski definition) is 2. The van der Waals surface area contributed by atoms with E-state index in [0.717, 1.165) is 12.8 Å². The average Bonchev–Trinajstić information content (AvgIpc) is 3.12. The molecule has 4 nitrogen and oxygen atoms in total. The Morgan fingerprint density at radius 3 is 2.76 bits per heavy atom. The molecule has 0 radical (unpaired) electrons. The van der Waals surface area contributed by atoms with Crippen molar-refractivity contribution in [3.8, 4) is 6.07 Å². The smallest absolute Gasteiger partial charge is 0.231 e. The van der Waals surface area contributed by atoms with Crippen molar-refractivity contribution in [2.75, 3.05) is 11.9 Å². The summed E-state index contributed by atoms with van der Waals surface area (Å²) in [7, 11) is 0. The maximum atomic E-state index is 12.0. The lowest BCUT2D eigenvalue weighted by Crippen LogP contribution is -2.30. The summed E-state index contributed by atoms with van der Waals surface area (Å²) >= 11 is 3.33. The van der Waals surface area contributed by atoms with Crippen molar-refractivity contribution in [3.63, 3.8) is 0 Å². The Morgan fingerprint density at radius 2 is 2.29 bits per heavy atom. The Hall–Kier alpha value is -1.38. The quantitative estimate of drug-likeness (QED) is 0.895. The Kier molecular flexibility index (Phi) is 3.18. The van der Waals surface area contributed by atoms with E-state index in [0.29, 0.717) is 22.3 Å². The fraction of sp³-hybridized carbons (Fsp3) is 0.333. The second kappa shape index (κ2) is 4.47. The number of hydrogen-bond acceptors (Lipinski definition) is 3. The number of nitrogens with one attached hydrogen (secondary N) is 1. The van der Waals surface area contributed by atoms with E-state index in [-0.39, 0.29) is 11.3 Å². The number of amides is 1. The zero-order valence-electron chi connectivity index (χ0n) is 9.16. The van der Waals surface area contributed by atoms with Gasteiger partial charge in [0.15, 0.2) is 0 Å². The van der Waals surface area contributed by atoms with Crippen LogP contribution in [0, 0.1) is 16.7 Å². The molecular formula is C12H12BrN3O. The van der Waals surface area contributed by atoms with Gasteiger partial charge in [-0.05, 0) is 47.0 Å². The van der Waals surface area contributed by atoms with Crippen LogP contribution in [0.4, 0.5) is 5.69 Å². The minimum atomic E-state index is -0.368. The van der Waals surface area contributed by atoms with Gasteiger partial charge in [0, 0.05) is 11.0 Å². The summed E-state index contributed by atoms with van der Waals surface area (Å²) in [6.07, 6.45) is 1.70. The van der Waals surface area contributed by atoms with Crippen LogP contribution in [0.15, 0.2) is 22.7 Å². The van der Waals surface area contributed by atoms with Gasteiger partial charge in [-0.25, -0.2) is 0 Å². The van der Waals surface area contributed by atoms with Crippen LogP contribution < -0.4 is 11.1 Å². The van der Waals surface area contributed by atoms with Gasteiger partial charge in [-0.3, -0.25) is 4.79 Å². The highest BCUT2D eigenvalue weighted by molar-refractivity contribution is 9.10. The van der Waals surface area contributed by atoms with E-state index in [2.05, 4.69) is 21.2 Å². The van der Waals surface area contributed by atoms with Crippen LogP contribution >= 0.6 is 15.9 Å². The molecule has 1 aliphatic rings. The summed E-state index contributed by atoms with van der Waals surface area (Å²) in [6.45, 7) is 0.382. The zero-order valence-corrected chi connectivity index (χ0v) is 10.8. The monoisotopic (exact) mass is 293 g/mol. The fourth-order valence-corrected chi connectivity index (χ4v) is 2.09. The summed E-state index contributed by atoms with van der Waals surface area (Å²) < 4.78 is 0.706. The molecule has 0 bridgehead atoms. The summed E-state index contributed by atoms with van der Waals surface area (Å²) in [5.74, 6) is -0.0367. The maximum absolute atomic E-state index is 12.0. The van der Waals surface area contributed by atoms with Gasteiger partial charge in [0.25, 0.3) is 0 Å². The SMILES string of the molecule is N#Cc1ccc(NC(=O)C2(CN)CC2)c(Br)c1. The molecule has 17 heavy (non-hydrogen) atoms. The highest BCUT2D eigenvalue weighted by Crippen LogP contribution is 2.45. The number of anilines is 1. The third-order valence-corrected chi connectivity index (χ3v) is 3.73. The molecule has 1 aromatic rings. The minimum Gasteiger partial charge on any atom is -0.329 e. The second-order valence-electron chi connectivity index (χ2n) is 4.25. The lowest BCUT2D eigenvalue weighted by atomic mass is 10.1. The number of benzene rings is 1. The Morgan fingerprint density at radius 1 is 1.59 bits per heavy atom. The molecule has 0 heterocycles. The predicted molar refractivity (Wildman–Crippen MR) is 68.2 cm³/mol. The number of rotatable bonds is 3. The lowest BCUT2D eigenvalue weighted by molar-refractivity contribution is -0.120. The molecule has 3 N–H and O–H groups in total. The van der Waals surface area contributed by atoms with Crippen molar-refractivity contribution >= 4 is 27.5 Å². The largest absolute Gasteiger partial charge is 0.329 e. The van der Waals surface area contributed by atoms with Crippen LogP contribution in [0.5, 0.6) is 0 Å². The molecule has 0 aromatic heterocycles. The van der Waals surface area contributed by atoms with Gasteiger partial charge < -0.3 is 11.1 Å². The molecular weight excluding hydrogens is 282 g/mol. The standard InChI is InChI=1S/C12H12BrN3O/c13-9-5-8(6-14)1-2-10(9)16-11(17)12(7-15)3-4-12/h1-2,5H,3-4,7,15H2,(H,16,17). The van der Waals surface area contributed by atoms with E-state index < -0.39 is 0 Å². The van der Waals surface area contributed by atoms with E-state index in [4.69, 9.17) is 11.0 Å². The third kappa shape index (κ3) is 2.33. The molecule has 0 spiro atoms. The van der Waals surface area contributed by atoms with Crippen LogP contribution in [0.2, 0.25) is 0 Å². The average molecular weight is 294 g/mol. The molecule has 2 rings (SSSR count). The summed E-state index contributed by atoms with van der Waals surface area (Å²) in [5.41, 5.74) is 6.45. The normalized spacial score (nSPS) is 16.1. The van der Waals surface area contributed by atoms with Crippen molar-refractivity contribution in [3.05, 3.63) is 28.2 Å². The van der Waals surface area contributed by atoms with E-state index in [1.165, 1.54) is 0 Å². The molecule has 1 aromatic carbocycles. The number of halogens is 1. The van der Waals surface area contributed by atoms with Crippen molar-refractivity contribution < 1.29 is 4.79 Å². The molecule has 1 fully saturated rings. The second-order valence-corrected chi connectivity index (χ2v) is 5.10. The van der Waals surface area contributed by atoms with Crippen LogP contribution in [0.1, 0.15) is 18.4 Å². The molecule has 0 aliphatic heterocycles. The molecule has 88 valence electrons. The van der Waals surface area contributed by atoms with E-state index in [1.54, 1.807) is 18.2 Å². The number of nitrogens with zero attached hydrogens (tertiary/aromatic N) is 1. The van der Waals surface area contributed by atoms with E-state index >= 15 is 0 Å². The number of nitriles is 1. The molecule has 0 atom stereocenters. The topological polar surface area (TPSA) is 78.9 Å². The third-order valence-electron chi connectivity index (χ3n) is 3.07. The summed E-state index contributed by atoms with van der Waals surface area (Å²) in [4.78, 5) is 12.0. The highest BCUT2D eigenvalue weighted by atomic mass is 79.9. The predicted octanol–water partition coefficient (Wildman–Crippen LogP) is 2.00. The van der Waals surface area contributed by atoms with Gasteiger partial charge >= 0.3 is 0 Å². The number of carbonyl (C=O) groups excluding carboxylic acids is 1. The minimum absolute atomic E-state index is 0.0367. The van der Waals surface area contributed by atoms with Gasteiger partial charge in [-0.15, -0.1) is 0 Å². The Bertz CT molecular complexity index is 503. The van der Waals surface area contributed by atoms with Crippen molar-refractivity contribution in [1.29, 1.82) is 5.26 Å². The first-order valence-corrected chi connectivity index (χ1v) is 6.12. The van der Waals surface area contributed by atoms with Crippen LogP contribution in [0.25, 0.3) is 0 Å². The fourth-order valence-electron chi connectivity index (χ4n) is 1.62. The number of nitrogens with two attached hydrogens (primary N) is 1. The van der Waals surface area contributed by atoms with Crippen molar-refractivity contribution in [1.82, 2.24) is 0 Å². The van der Waals surface area contributed by atoms with Crippen molar-refractivity contribution in [2.45, 2.75) is 12.8 Å². The zero-order chi connectivity index (χ0) is 12.5.